The molecule has 1 aliphatic heterocycles. The molecule has 7 aromatic rings. The van der Waals surface area contributed by atoms with Gasteiger partial charge < -0.3 is 4.90 Å². The van der Waals surface area contributed by atoms with Gasteiger partial charge in [-0.25, -0.2) is 4.99 Å². The van der Waals surface area contributed by atoms with Gasteiger partial charge in [0.15, 0.2) is 0 Å². The highest BCUT2D eigenvalue weighted by Crippen LogP contribution is 2.37. The summed E-state index contributed by atoms with van der Waals surface area (Å²) in [5, 5.41) is 0. The van der Waals surface area contributed by atoms with Crippen LogP contribution in [0.1, 0.15) is 16.7 Å². The van der Waals surface area contributed by atoms with Gasteiger partial charge in [0.2, 0.25) is 0 Å². The third-order valence-corrected chi connectivity index (χ3v) is 8.96. The maximum absolute atomic E-state index is 5.18. The molecule has 8 rings (SSSR count). The van der Waals surface area contributed by atoms with Crippen molar-refractivity contribution < 1.29 is 0 Å². The van der Waals surface area contributed by atoms with Crippen LogP contribution in [0.15, 0.2) is 199 Å². The fraction of sp³-hybridized carbons (Fsp3) is 0.0217. The fourth-order valence-electron chi connectivity index (χ4n) is 6.43. The summed E-state index contributed by atoms with van der Waals surface area (Å²) in [6.07, 6.45) is 3.10. The van der Waals surface area contributed by atoms with E-state index in [9.17, 15) is 0 Å². The van der Waals surface area contributed by atoms with Crippen molar-refractivity contribution in [2.75, 3.05) is 4.90 Å². The smallest absolute Gasteiger partial charge is 0.0712 e. The Labute approximate surface area is 282 Å². The number of para-hydroxylation sites is 1. The highest BCUT2D eigenvalue weighted by atomic mass is 15.1. The van der Waals surface area contributed by atoms with E-state index < -0.39 is 0 Å². The number of rotatable bonds is 7. The number of anilines is 3. The van der Waals surface area contributed by atoms with Crippen molar-refractivity contribution in [3.63, 3.8) is 0 Å². The molecule has 0 N–H and O–H groups in total. The first-order valence-corrected chi connectivity index (χ1v) is 16.4. The normalized spacial score (nSPS) is 12.3. The van der Waals surface area contributed by atoms with Crippen LogP contribution in [0.3, 0.4) is 0 Å². The predicted octanol–water partition coefficient (Wildman–Crippen LogP) is 12.3. The van der Waals surface area contributed by atoms with Gasteiger partial charge in [0.1, 0.15) is 0 Å². The summed E-state index contributed by atoms with van der Waals surface area (Å²) in [6, 6.07) is 66.7. The van der Waals surface area contributed by atoms with Crippen LogP contribution in [-0.2, 0) is 6.42 Å². The minimum atomic E-state index is 0.844. The van der Waals surface area contributed by atoms with Gasteiger partial charge in [0.25, 0.3) is 0 Å². The van der Waals surface area contributed by atoms with Crippen LogP contribution >= 0.6 is 0 Å². The Balaban J connectivity index is 1.18. The minimum Gasteiger partial charge on any atom is -0.311 e. The third-order valence-electron chi connectivity index (χ3n) is 8.96. The number of allylic oxidation sites excluding steroid dienone is 2. The lowest BCUT2D eigenvalue weighted by molar-refractivity contribution is 1.27. The molecule has 0 fully saturated rings. The second-order valence-electron chi connectivity index (χ2n) is 12.0. The Kier molecular flexibility index (Phi) is 8.04. The highest BCUT2D eigenvalue weighted by Gasteiger charge is 2.17. The molecule has 0 atom stereocenters. The second-order valence-corrected chi connectivity index (χ2v) is 12.0. The Morgan fingerprint density at radius 1 is 0.354 bits per heavy atom. The van der Waals surface area contributed by atoms with Gasteiger partial charge in [-0.15, -0.1) is 0 Å². The molecule has 1 heterocycles. The van der Waals surface area contributed by atoms with Crippen molar-refractivity contribution in [1.29, 1.82) is 0 Å². The minimum absolute atomic E-state index is 0.844. The maximum Gasteiger partial charge on any atom is 0.0712 e. The van der Waals surface area contributed by atoms with Crippen molar-refractivity contribution >= 4 is 34.0 Å². The monoisotopic (exact) mass is 614 g/mol. The van der Waals surface area contributed by atoms with E-state index in [2.05, 4.69) is 199 Å². The van der Waals surface area contributed by atoms with Crippen LogP contribution in [0, 0.1) is 0 Å². The second kappa shape index (κ2) is 13.2. The van der Waals surface area contributed by atoms with Crippen molar-refractivity contribution in [2.45, 2.75) is 6.42 Å². The number of nitrogens with zero attached hydrogens (tertiary/aromatic N) is 2. The lowest BCUT2D eigenvalue weighted by Crippen LogP contribution is -2.10. The zero-order valence-corrected chi connectivity index (χ0v) is 26.6. The van der Waals surface area contributed by atoms with E-state index in [-0.39, 0.29) is 0 Å². The number of hydrogen-bond donors (Lipinski definition) is 0. The zero-order valence-electron chi connectivity index (χ0n) is 26.6. The average Bonchev–Trinajstić information content (AvgIpc) is 3.37. The van der Waals surface area contributed by atoms with Crippen LogP contribution < -0.4 is 4.90 Å². The maximum atomic E-state index is 5.18. The van der Waals surface area contributed by atoms with Gasteiger partial charge in [-0.1, -0.05) is 146 Å². The summed E-state index contributed by atoms with van der Waals surface area (Å²) in [5.74, 6) is 0. The molecule has 0 unspecified atom stereocenters. The first kappa shape index (κ1) is 29.2. The number of hydrogen-bond acceptors (Lipinski definition) is 2. The summed E-state index contributed by atoms with van der Waals surface area (Å²) < 4.78 is 0. The Morgan fingerprint density at radius 2 is 0.750 bits per heavy atom. The van der Waals surface area contributed by atoms with Crippen molar-refractivity contribution in [3.8, 4) is 22.3 Å². The van der Waals surface area contributed by atoms with Crippen LogP contribution in [0.5, 0.6) is 0 Å². The first-order valence-electron chi connectivity index (χ1n) is 16.4. The van der Waals surface area contributed by atoms with Crippen LogP contribution in [0.25, 0.3) is 27.8 Å². The molecule has 0 bridgehead atoms. The topological polar surface area (TPSA) is 15.6 Å². The molecule has 0 amide bonds. The number of benzene rings is 7. The lowest BCUT2D eigenvalue weighted by Gasteiger charge is -2.26. The van der Waals surface area contributed by atoms with Gasteiger partial charge in [-0.05, 0) is 87.5 Å². The van der Waals surface area contributed by atoms with E-state index in [1.54, 1.807) is 0 Å². The summed E-state index contributed by atoms with van der Waals surface area (Å²) in [5.41, 5.74) is 14.9. The van der Waals surface area contributed by atoms with Gasteiger partial charge in [0, 0.05) is 29.0 Å². The molecule has 48 heavy (non-hydrogen) atoms. The Morgan fingerprint density at radius 3 is 1.25 bits per heavy atom. The molecule has 0 saturated carbocycles. The molecule has 0 saturated heterocycles. The van der Waals surface area contributed by atoms with E-state index in [4.69, 9.17) is 4.99 Å². The first-order chi connectivity index (χ1) is 23.8. The van der Waals surface area contributed by atoms with Crippen molar-refractivity contribution in [1.82, 2.24) is 0 Å². The van der Waals surface area contributed by atoms with E-state index in [0.29, 0.717) is 0 Å². The van der Waals surface area contributed by atoms with Gasteiger partial charge in [-0.2, -0.15) is 0 Å². The van der Waals surface area contributed by atoms with Crippen LogP contribution in [-0.4, -0.2) is 5.71 Å². The summed E-state index contributed by atoms with van der Waals surface area (Å²) in [6.45, 7) is 0. The standard InChI is InChI=1S/C46H34N2/c1-4-12-34(13-5-1)37-20-26-42(27-21-37)48(43-28-22-38(23-29-43)35-14-6-2-7-15-35)44-30-24-39(25-31-44)46-33-41(36-16-8-3-9-17-36)32-40-18-10-11-19-45(40)47-46/h1-31,33H,32H2. The number of aliphatic imine (C=N–C) groups is 1. The zero-order chi connectivity index (χ0) is 32.1. The molecule has 7 aromatic carbocycles. The molecule has 0 aromatic heterocycles. The van der Waals surface area contributed by atoms with Crippen molar-refractivity contribution in [3.05, 3.63) is 211 Å². The molecule has 0 spiro atoms. The predicted molar refractivity (Wildman–Crippen MR) is 203 cm³/mol. The third kappa shape index (κ3) is 6.12. The van der Waals surface area contributed by atoms with E-state index in [1.807, 2.05) is 0 Å². The molecule has 2 heteroatoms. The summed E-state index contributed by atoms with van der Waals surface area (Å²) in [4.78, 5) is 7.50. The van der Waals surface area contributed by atoms with Crippen LogP contribution in [0.2, 0.25) is 0 Å². The van der Waals surface area contributed by atoms with E-state index in [1.165, 1.54) is 39.0 Å². The van der Waals surface area contributed by atoms with E-state index >= 15 is 0 Å². The van der Waals surface area contributed by atoms with Gasteiger partial charge in [0.05, 0.1) is 11.4 Å². The molecule has 0 aliphatic carbocycles. The lowest BCUT2D eigenvalue weighted by atomic mass is 9.96. The van der Waals surface area contributed by atoms with Crippen LogP contribution in [0.4, 0.5) is 22.7 Å². The van der Waals surface area contributed by atoms with Gasteiger partial charge >= 0.3 is 0 Å². The Bertz CT molecular complexity index is 2120. The summed E-state index contributed by atoms with van der Waals surface area (Å²) in [7, 11) is 0. The Hall–Kier alpha value is -6.25. The molecule has 228 valence electrons. The quantitative estimate of drug-likeness (QED) is 0.174. The summed E-state index contributed by atoms with van der Waals surface area (Å²) >= 11 is 0. The molecule has 2 nitrogen and oxygen atoms in total. The average molecular weight is 615 g/mol. The largest absolute Gasteiger partial charge is 0.311 e. The molecular weight excluding hydrogens is 581 g/mol. The van der Waals surface area contributed by atoms with Gasteiger partial charge in [-0.3, -0.25) is 0 Å². The molecular formula is C46H34N2. The van der Waals surface area contributed by atoms with Crippen molar-refractivity contribution in [2.24, 2.45) is 4.99 Å². The van der Waals surface area contributed by atoms with E-state index in [0.717, 1.165) is 40.4 Å². The SMILES string of the molecule is C1=C(c2ccccc2)Cc2ccccc2N=C1c1ccc(N(c2ccc(-c3ccccc3)cc2)c2ccc(-c3ccccc3)cc2)cc1. The molecule has 1 aliphatic rings. The number of fused-ring (bicyclic) bond motifs is 1. The molecule has 0 radical (unpaired) electrons. The fourth-order valence-corrected chi connectivity index (χ4v) is 6.43. The highest BCUT2D eigenvalue weighted by molar-refractivity contribution is 6.14.